The van der Waals surface area contributed by atoms with Gasteiger partial charge in [0, 0.05) is 0 Å². The van der Waals surface area contributed by atoms with Crippen LogP contribution in [0, 0.1) is 0 Å². The number of hydrogen-bond donors (Lipinski definition) is 2. The maximum Gasteiger partial charge on any atom is 0.161 e. The molecule has 2 aromatic rings. The van der Waals surface area contributed by atoms with Crippen LogP contribution in [0.3, 0.4) is 0 Å². The smallest absolute Gasteiger partial charge is 0.161 e. The van der Waals surface area contributed by atoms with Crippen molar-refractivity contribution < 1.29 is 19.3 Å². The predicted molar refractivity (Wildman–Crippen MR) is 94.9 cm³/mol. The zero-order chi connectivity index (χ0) is 16.6. The molecule has 4 nitrogen and oxygen atoms in total. The van der Waals surface area contributed by atoms with Crippen LogP contribution >= 0.6 is 0 Å². The maximum absolute atomic E-state index is 6.00. The predicted octanol–water partition coefficient (Wildman–Crippen LogP) is 0.0576. The summed E-state index contributed by atoms with van der Waals surface area (Å²) in [5, 5.41) is 0. The Morgan fingerprint density at radius 2 is 1.42 bits per heavy atom. The lowest BCUT2D eigenvalue weighted by Gasteiger charge is -2.27. The monoisotopic (exact) mass is 328 g/mol. The Balaban J connectivity index is 1.48. The highest BCUT2D eigenvalue weighted by atomic mass is 16.5. The van der Waals surface area contributed by atoms with Crippen LogP contribution < -0.4 is 19.3 Å². The van der Waals surface area contributed by atoms with Crippen LogP contribution in [-0.4, -0.2) is 46.4 Å². The van der Waals surface area contributed by atoms with E-state index < -0.39 is 0 Å². The Labute approximate surface area is 144 Å². The van der Waals surface area contributed by atoms with Crippen molar-refractivity contribution in [3.63, 3.8) is 0 Å². The van der Waals surface area contributed by atoms with Crippen molar-refractivity contribution in [2.75, 3.05) is 46.4 Å². The average molecular weight is 328 g/mol. The standard InChI is InChI=1S/C20H26N2O2/c1-21-11-13-22(14-12-21)15-16-23-19-9-5-6-10-20(19)24-17-18-7-3-2-4-8-18/h2-10H,11-17H2,1H3/p+2. The second-order valence-electron chi connectivity index (χ2n) is 6.53. The molecular formula is C20H28N2O2+2. The third kappa shape index (κ3) is 4.98. The molecule has 24 heavy (non-hydrogen) atoms. The molecule has 2 N–H and O–H groups in total. The van der Waals surface area contributed by atoms with Gasteiger partial charge in [-0.25, -0.2) is 0 Å². The molecule has 0 bridgehead atoms. The SMILES string of the molecule is C[NH+]1CC[NH+](CCOc2ccccc2OCc2ccccc2)CC1. The molecule has 4 heteroatoms. The van der Waals surface area contributed by atoms with E-state index in [4.69, 9.17) is 9.47 Å². The summed E-state index contributed by atoms with van der Waals surface area (Å²) in [4.78, 5) is 3.28. The minimum Gasteiger partial charge on any atom is -0.485 e. The number of nitrogens with one attached hydrogen (secondary N) is 2. The normalized spacial score (nSPS) is 20.5. The van der Waals surface area contributed by atoms with Crippen molar-refractivity contribution in [2.45, 2.75) is 6.61 Å². The molecule has 0 radical (unpaired) electrons. The molecule has 0 atom stereocenters. The van der Waals surface area contributed by atoms with Gasteiger partial charge in [-0.1, -0.05) is 42.5 Å². The van der Waals surface area contributed by atoms with E-state index >= 15 is 0 Å². The number of ether oxygens (including phenoxy) is 2. The molecule has 2 aromatic carbocycles. The van der Waals surface area contributed by atoms with Gasteiger partial charge in [0.2, 0.25) is 0 Å². The van der Waals surface area contributed by atoms with Crippen LogP contribution in [0.15, 0.2) is 54.6 Å². The molecule has 1 aliphatic rings. The van der Waals surface area contributed by atoms with E-state index in [0.29, 0.717) is 6.61 Å². The lowest BCUT2D eigenvalue weighted by atomic mass is 10.2. The average Bonchev–Trinajstić information content (AvgIpc) is 2.63. The van der Waals surface area contributed by atoms with Gasteiger partial charge < -0.3 is 19.3 Å². The van der Waals surface area contributed by atoms with Crippen LogP contribution in [0.2, 0.25) is 0 Å². The molecule has 3 rings (SSSR count). The minimum atomic E-state index is 0.563. The van der Waals surface area contributed by atoms with Gasteiger partial charge in [0.05, 0.1) is 7.05 Å². The topological polar surface area (TPSA) is 27.3 Å². The van der Waals surface area contributed by atoms with Crippen molar-refractivity contribution in [3.05, 3.63) is 60.2 Å². The van der Waals surface area contributed by atoms with E-state index in [-0.39, 0.29) is 0 Å². The highest BCUT2D eigenvalue weighted by molar-refractivity contribution is 5.39. The fourth-order valence-corrected chi connectivity index (χ4v) is 3.01. The molecule has 1 fully saturated rings. The molecule has 1 aliphatic heterocycles. The second kappa shape index (κ2) is 8.71. The molecule has 0 unspecified atom stereocenters. The Morgan fingerprint density at radius 1 is 0.792 bits per heavy atom. The molecule has 1 saturated heterocycles. The van der Waals surface area contributed by atoms with Crippen molar-refractivity contribution in [1.82, 2.24) is 0 Å². The summed E-state index contributed by atoms with van der Waals surface area (Å²) in [6, 6.07) is 18.2. The highest BCUT2D eigenvalue weighted by Crippen LogP contribution is 2.27. The summed E-state index contributed by atoms with van der Waals surface area (Å²) in [5.74, 6) is 1.66. The van der Waals surface area contributed by atoms with Crippen molar-refractivity contribution >= 4 is 0 Å². The number of hydrogen-bond acceptors (Lipinski definition) is 2. The number of piperazine rings is 1. The van der Waals surface area contributed by atoms with Crippen LogP contribution in [0.4, 0.5) is 0 Å². The summed E-state index contributed by atoms with van der Waals surface area (Å²) in [6.07, 6.45) is 0. The summed E-state index contributed by atoms with van der Waals surface area (Å²) in [5.41, 5.74) is 1.16. The number of likely N-dealkylation sites (N-methyl/N-ethyl adjacent to an activating group) is 1. The number of benzene rings is 2. The van der Waals surface area contributed by atoms with Crippen molar-refractivity contribution in [3.8, 4) is 11.5 Å². The fourth-order valence-electron chi connectivity index (χ4n) is 3.01. The van der Waals surface area contributed by atoms with Crippen LogP contribution in [0.25, 0.3) is 0 Å². The third-order valence-corrected chi connectivity index (χ3v) is 4.61. The van der Waals surface area contributed by atoms with Crippen LogP contribution in [0.1, 0.15) is 5.56 Å². The number of rotatable bonds is 7. The molecule has 0 saturated carbocycles. The molecule has 0 aromatic heterocycles. The van der Waals surface area contributed by atoms with Gasteiger partial charge in [0.25, 0.3) is 0 Å². The first-order valence-corrected chi connectivity index (χ1v) is 8.84. The molecular weight excluding hydrogens is 300 g/mol. The number of para-hydroxylation sites is 2. The lowest BCUT2D eigenvalue weighted by molar-refractivity contribution is -1.00. The maximum atomic E-state index is 6.00. The van der Waals surface area contributed by atoms with Gasteiger partial charge in [-0.05, 0) is 17.7 Å². The highest BCUT2D eigenvalue weighted by Gasteiger charge is 2.19. The Bertz CT molecular complexity index is 610. The third-order valence-electron chi connectivity index (χ3n) is 4.61. The van der Waals surface area contributed by atoms with E-state index in [2.05, 4.69) is 19.2 Å². The van der Waals surface area contributed by atoms with E-state index in [1.807, 2.05) is 42.5 Å². The van der Waals surface area contributed by atoms with Gasteiger partial charge in [-0.15, -0.1) is 0 Å². The molecule has 0 amide bonds. The quantitative estimate of drug-likeness (QED) is 0.752. The summed E-state index contributed by atoms with van der Waals surface area (Å²) in [7, 11) is 2.27. The zero-order valence-corrected chi connectivity index (χ0v) is 14.5. The van der Waals surface area contributed by atoms with Crippen LogP contribution in [-0.2, 0) is 6.61 Å². The van der Waals surface area contributed by atoms with E-state index in [9.17, 15) is 0 Å². The number of quaternary nitrogens is 2. The summed E-state index contributed by atoms with van der Waals surface area (Å²) >= 11 is 0. The first-order valence-electron chi connectivity index (χ1n) is 8.84. The largest absolute Gasteiger partial charge is 0.485 e. The Morgan fingerprint density at radius 3 is 2.12 bits per heavy atom. The molecule has 1 heterocycles. The fraction of sp³-hybridized carbons (Fsp3) is 0.400. The zero-order valence-electron chi connectivity index (χ0n) is 14.5. The second-order valence-corrected chi connectivity index (χ2v) is 6.53. The molecule has 0 aliphatic carbocycles. The summed E-state index contributed by atoms with van der Waals surface area (Å²) < 4.78 is 11.9. The van der Waals surface area contributed by atoms with Gasteiger partial charge in [0.1, 0.15) is 45.9 Å². The minimum absolute atomic E-state index is 0.563. The van der Waals surface area contributed by atoms with Gasteiger partial charge in [0.15, 0.2) is 11.5 Å². The first kappa shape index (κ1) is 16.8. The van der Waals surface area contributed by atoms with Gasteiger partial charge in [-0.2, -0.15) is 0 Å². The molecule has 128 valence electrons. The molecule has 0 spiro atoms. The van der Waals surface area contributed by atoms with E-state index in [1.165, 1.54) is 26.2 Å². The van der Waals surface area contributed by atoms with Gasteiger partial charge >= 0.3 is 0 Å². The van der Waals surface area contributed by atoms with E-state index in [1.54, 1.807) is 9.80 Å². The van der Waals surface area contributed by atoms with Gasteiger partial charge in [-0.3, -0.25) is 0 Å². The van der Waals surface area contributed by atoms with Crippen molar-refractivity contribution in [1.29, 1.82) is 0 Å². The Hall–Kier alpha value is -2.04. The lowest BCUT2D eigenvalue weighted by Crippen LogP contribution is -3.27. The van der Waals surface area contributed by atoms with Crippen LogP contribution in [0.5, 0.6) is 11.5 Å². The van der Waals surface area contributed by atoms with Crippen molar-refractivity contribution in [2.24, 2.45) is 0 Å². The first-order chi connectivity index (χ1) is 11.8. The summed E-state index contributed by atoms with van der Waals surface area (Å²) in [6.45, 7) is 7.34. The van der Waals surface area contributed by atoms with E-state index in [0.717, 1.165) is 30.2 Å². The Kier molecular flexibility index (Phi) is 6.10.